The van der Waals surface area contributed by atoms with Crippen LogP contribution in [-0.2, 0) is 14.3 Å². The van der Waals surface area contributed by atoms with E-state index < -0.39 is 35.2 Å². The summed E-state index contributed by atoms with van der Waals surface area (Å²) in [5.41, 5.74) is -0.878. The third kappa shape index (κ3) is 6.46. The molecule has 2 amide bonds. The van der Waals surface area contributed by atoms with Crippen LogP contribution in [-0.4, -0.2) is 73.9 Å². The van der Waals surface area contributed by atoms with Gasteiger partial charge in [-0.15, -0.1) is 0 Å². The number of methoxy groups -OCH3 is 1. The number of piperidine rings is 1. The molecule has 1 fully saturated rings. The number of nitrogens with one attached hydrogen (secondary N) is 1. The highest BCUT2D eigenvalue weighted by atomic mass is 16.6. The summed E-state index contributed by atoms with van der Waals surface area (Å²) in [5, 5.41) is 14.1. The molecule has 1 N–H and O–H groups in total. The van der Waals surface area contributed by atoms with Gasteiger partial charge in [-0.25, -0.2) is 9.59 Å². The Bertz CT molecular complexity index is 851. The van der Waals surface area contributed by atoms with Gasteiger partial charge in [-0.3, -0.25) is 14.9 Å². The van der Waals surface area contributed by atoms with Crippen LogP contribution in [0.25, 0.3) is 0 Å². The number of esters is 1. The highest BCUT2D eigenvalue weighted by Crippen LogP contribution is 2.35. The molecule has 0 bridgehead atoms. The first-order valence-corrected chi connectivity index (χ1v) is 10.2. The molecule has 0 spiro atoms. The maximum absolute atomic E-state index is 12.4. The fourth-order valence-corrected chi connectivity index (χ4v) is 3.19. The second-order valence-electron chi connectivity index (χ2n) is 6.81. The van der Waals surface area contributed by atoms with E-state index >= 15 is 0 Å². The molecule has 12 heteroatoms. The van der Waals surface area contributed by atoms with E-state index in [9.17, 15) is 24.5 Å². The molecular weight excluding hydrogens is 426 g/mol. The first-order valence-electron chi connectivity index (χ1n) is 10.2. The van der Waals surface area contributed by atoms with Gasteiger partial charge in [0.25, 0.3) is 11.6 Å². The molecule has 0 unspecified atom stereocenters. The number of benzene rings is 1. The van der Waals surface area contributed by atoms with Crippen LogP contribution in [0.1, 0.15) is 37.0 Å². The van der Waals surface area contributed by atoms with Gasteiger partial charge in [0.2, 0.25) is 0 Å². The van der Waals surface area contributed by atoms with Gasteiger partial charge in [-0.1, -0.05) is 0 Å². The van der Waals surface area contributed by atoms with Gasteiger partial charge in [0.05, 0.1) is 31.3 Å². The van der Waals surface area contributed by atoms with Crippen molar-refractivity contribution in [3.8, 4) is 11.5 Å². The van der Waals surface area contributed by atoms with Gasteiger partial charge < -0.3 is 29.2 Å². The minimum absolute atomic E-state index is 0.116. The number of carbonyl (C=O) groups is 3. The van der Waals surface area contributed by atoms with Gasteiger partial charge in [-0.05, 0) is 26.7 Å². The Morgan fingerprint density at radius 1 is 1.12 bits per heavy atom. The number of ether oxygens (including phenoxy) is 4. The van der Waals surface area contributed by atoms with Crippen molar-refractivity contribution in [1.82, 2.24) is 10.2 Å². The summed E-state index contributed by atoms with van der Waals surface area (Å²) in [7, 11) is 1.33. The van der Waals surface area contributed by atoms with E-state index in [0.717, 1.165) is 12.1 Å². The molecule has 0 radical (unpaired) electrons. The molecule has 0 aliphatic carbocycles. The maximum Gasteiger partial charge on any atom is 0.409 e. The SMILES string of the molecule is CCOC(=O)N1CCC(NC(=O)COC(=O)c2cc(OC)c(OCC)cc2[N+](=O)[O-])CC1. The van der Waals surface area contributed by atoms with Crippen molar-refractivity contribution < 1.29 is 38.3 Å². The molecule has 1 aliphatic rings. The summed E-state index contributed by atoms with van der Waals surface area (Å²) in [4.78, 5) is 48.5. The monoisotopic (exact) mass is 453 g/mol. The Balaban J connectivity index is 1.94. The molecule has 1 aromatic carbocycles. The number of rotatable bonds is 9. The molecule has 0 aromatic heterocycles. The molecular formula is C20H27N3O9. The summed E-state index contributed by atoms with van der Waals surface area (Å²) in [6, 6.07) is 2.04. The Hall–Kier alpha value is -3.57. The van der Waals surface area contributed by atoms with E-state index in [4.69, 9.17) is 18.9 Å². The zero-order chi connectivity index (χ0) is 23.7. The summed E-state index contributed by atoms with van der Waals surface area (Å²) >= 11 is 0. The number of nitrogens with zero attached hydrogens (tertiary/aromatic N) is 2. The second-order valence-corrected chi connectivity index (χ2v) is 6.81. The Kier molecular flexibility index (Phi) is 9.05. The van der Waals surface area contributed by atoms with Crippen molar-refractivity contribution in [3.63, 3.8) is 0 Å². The van der Waals surface area contributed by atoms with Crippen LogP contribution in [0.5, 0.6) is 11.5 Å². The Morgan fingerprint density at radius 3 is 2.38 bits per heavy atom. The minimum atomic E-state index is -1.04. The standard InChI is InChI=1S/C20H27N3O9/c1-4-30-17-11-15(23(27)28)14(10-16(17)29-3)19(25)32-12-18(24)21-13-6-8-22(9-7-13)20(26)31-5-2/h10-11,13H,4-9,12H2,1-3H3,(H,21,24). The Labute approximate surface area is 184 Å². The zero-order valence-corrected chi connectivity index (χ0v) is 18.3. The van der Waals surface area contributed by atoms with Crippen LogP contribution < -0.4 is 14.8 Å². The molecule has 0 atom stereocenters. The van der Waals surface area contributed by atoms with E-state index in [1.165, 1.54) is 7.11 Å². The molecule has 0 saturated carbocycles. The second kappa shape index (κ2) is 11.7. The number of likely N-dealkylation sites (tertiary alicyclic amines) is 1. The van der Waals surface area contributed by atoms with E-state index in [2.05, 4.69) is 5.32 Å². The number of hydrogen-bond donors (Lipinski definition) is 1. The van der Waals surface area contributed by atoms with Gasteiger partial charge >= 0.3 is 12.1 Å². The third-order valence-electron chi connectivity index (χ3n) is 4.72. The van der Waals surface area contributed by atoms with Crippen molar-refractivity contribution in [2.75, 3.05) is 40.0 Å². The fraction of sp³-hybridized carbons (Fsp3) is 0.550. The van der Waals surface area contributed by atoms with E-state index in [1.54, 1.807) is 18.7 Å². The number of nitro benzene ring substituents is 1. The van der Waals surface area contributed by atoms with Crippen LogP contribution in [0.15, 0.2) is 12.1 Å². The lowest BCUT2D eigenvalue weighted by Gasteiger charge is -2.31. The Morgan fingerprint density at radius 2 is 1.81 bits per heavy atom. The van der Waals surface area contributed by atoms with Crippen molar-refractivity contribution in [1.29, 1.82) is 0 Å². The molecule has 32 heavy (non-hydrogen) atoms. The van der Waals surface area contributed by atoms with Crippen LogP contribution in [0, 0.1) is 10.1 Å². The quantitative estimate of drug-likeness (QED) is 0.336. The third-order valence-corrected chi connectivity index (χ3v) is 4.72. The lowest BCUT2D eigenvalue weighted by Crippen LogP contribution is -2.47. The molecule has 1 heterocycles. The number of nitro groups is 1. The normalized spacial score (nSPS) is 13.8. The average Bonchev–Trinajstić information content (AvgIpc) is 2.78. The van der Waals surface area contributed by atoms with E-state index in [1.807, 2.05) is 0 Å². The molecule has 1 aliphatic heterocycles. The molecule has 176 valence electrons. The number of carbonyl (C=O) groups excluding carboxylic acids is 3. The fourth-order valence-electron chi connectivity index (χ4n) is 3.19. The summed E-state index contributed by atoms with van der Waals surface area (Å²) < 4.78 is 20.3. The highest BCUT2D eigenvalue weighted by Gasteiger charge is 2.28. The topological polar surface area (TPSA) is 147 Å². The average molecular weight is 453 g/mol. The predicted octanol–water partition coefficient (Wildman–Crippen LogP) is 1.90. The molecule has 1 saturated heterocycles. The van der Waals surface area contributed by atoms with Crippen LogP contribution in [0.4, 0.5) is 10.5 Å². The maximum atomic E-state index is 12.4. The van der Waals surface area contributed by atoms with Gasteiger partial charge in [-0.2, -0.15) is 0 Å². The summed E-state index contributed by atoms with van der Waals surface area (Å²) in [5.74, 6) is -1.34. The number of hydrogen-bond acceptors (Lipinski definition) is 9. The van der Waals surface area contributed by atoms with Crippen molar-refractivity contribution in [3.05, 3.63) is 27.8 Å². The summed E-state index contributed by atoms with van der Waals surface area (Å²) in [6.07, 6.45) is 0.665. The van der Waals surface area contributed by atoms with Gasteiger partial charge in [0, 0.05) is 25.2 Å². The van der Waals surface area contributed by atoms with Crippen molar-refractivity contribution >= 4 is 23.7 Å². The largest absolute Gasteiger partial charge is 0.493 e. The van der Waals surface area contributed by atoms with E-state index in [0.29, 0.717) is 32.5 Å². The van der Waals surface area contributed by atoms with E-state index in [-0.39, 0.29) is 29.7 Å². The first-order chi connectivity index (χ1) is 15.3. The lowest BCUT2D eigenvalue weighted by molar-refractivity contribution is -0.385. The number of amides is 2. The van der Waals surface area contributed by atoms with Crippen molar-refractivity contribution in [2.45, 2.75) is 32.7 Å². The smallest absolute Gasteiger partial charge is 0.409 e. The highest BCUT2D eigenvalue weighted by molar-refractivity contribution is 5.96. The molecule has 2 rings (SSSR count). The van der Waals surface area contributed by atoms with Crippen LogP contribution in [0.2, 0.25) is 0 Å². The van der Waals surface area contributed by atoms with Gasteiger partial charge in [0.15, 0.2) is 18.1 Å². The zero-order valence-electron chi connectivity index (χ0n) is 18.3. The van der Waals surface area contributed by atoms with Crippen LogP contribution >= 0.6 is 0 Å². The van der Waals surface area contributed by atoms with Crippen LogP contribution in [0.3, 0.4) is 0 Å². The first kappa shape index (κ1) is 24.7. The van der Waals surface area contributed by atoms with Gasteiger partial charge in [0.1, 0.15) is 5.56 Å². The van der Waals surface area contributed by atoms with Crippen molar-refractivity contribution in [2.24, 2.45) is 0 Å². The predicted molar refractivity (Wildman–Crippen MR) is 111 cm³/mol. The summed E-state index contributed by atoms with van der Waals surface area (Å²) in [6.45, 7) is 4.22. The minimum Gasteiger partial charge on any atom is -0.493 e. The lowest BCUT2D eigenvalue weighted by atomic mass is 10.1. The molecule has 1 aromatic rings. The molecule has 12 nitrogen and oxygen atoms in total.